The number of aromatic nitrogens is 2. The number of benzene rings is 1. The van der Waals surface area contributed by atoms with Gasteiger partial charge >= 0.3 is 0 Å². The molecule has 0 radical (unpaired) electrons. The number of nitrogens with one attached hydrogen (secondary N) is 2. The maximum Gasteiger partial charge on any atom is 0.237 e. The standard InChI is InChI=1S/C21H21FN4O3/c22-15-11-12(18(19(23)27)21(28)26-13-3-1-2-4-13)5-6-17(15)29-16-8-10-25-20-14(16)7-9-24-20/h5-11,13,18H,1-4H2,(H2,23,27)(H,24,25)(H,26,28). The van der Waals surface area contributed by atoms with Crippen molar-refractivity contribution < 1.29 is 18.7 Å². The minimum absolute atomic E-state index is 0.0260. The van der Waals surface area contributed by atoms with Gasteiger partial charge in [-0.25, -0.2) is 9.37 Å². The number of nitrogens with zero attached hydrogens (tertiary/aromatic N) is 1. The van der Waals surface area contributed by atoms with Crippen LogP contribution in [0.15, 0.2) is 42.7 Å². The lowest BCUT2D eigenvalue weighted by molar-refractivity contribution is -0.130. The molecule has 0 aliphatic heterocycles. The Kier molecular flexibility index (Phi) is 5.16. The summed E-state index contributed by atoms with van der Waals surface area (Å²) in [5.41, 5.74) is 6.26. The molecule has 7 nitrogen and oxygen atoms in total. The molecule has 0 bridgehead atoms. The molecule has 1 aliphatic carbocycles. The van der Waals surface area contributed by atoms with Crippen molar-refractivity contribution in [2.45, 2.75) is 37.6 Å². The number of hydrogen-bond donors (Lipinski definition) is 3. The van der Waals surface area contributed by atoms with Crippen molar-refractivity contribution in [1.29, 1.82) is 0 Å². The van der Waals surface area contributed by atoms with Gasteiger partial charge in [0.2, 0.25) is 11.8 Å². The fourth-order valence-electron chi connectivity index (χ4n) is 3.72. The number of ether oxygens (including phenoxy) is 1. The van der Waals surface area contributed by atoms with E-state index in [0.29, 0.717) is 16.8 Å². The zero-order valence-corrected chi connectivity index (χ0v) is 15.7. The molecule has 0 spiro atoms. The largest absolute Gasteiger partial charge is 0.453 e. The molecule has 1 aliphatic rings. The molecule has 4 N–H and O–H groups in total. The topological polar surface area (TPSA) is 110 Å². The van der Waals surface area contributed by atoms with Crippen LogP contribution in [0.5, 0.6) is 11.5 Å². The number of H-pyrrole nitrogens is 1. The van der Waals surface area contributed by atoms with Crippen molar-refractivity contribution in [3.63, 3.8) is 0 Å². The van der Waals surface area contributed by atoms with E-state index in [1.165, 1.54) is 12.1 Å². The number of carbonyl (C=O) groups is 2. The van der Waals surface area contributed by atoms with Crippen LogP contribution in [-0.2, 0) is 9.59 Å². The Hall–Kier alpha value is -3.42. The molecule has 29 heavy (non-hydrogen) atoms. The first-order valence-corrected chi connectivity index (χ1v) is 9.52. The number of carbonyl (C=O) groups excluding carboxylic acids is 2. The number of pyridine rings is 1. The zero-order chi connectivity index (χ0) is 20.4. The molecule has 2 amide bonds. The minimum Gasteiger partial charge on any atom is -0.453 e. The van der Waals surface area contributed by atoms with Crippen molar-refractivity contribution in [3.8, 4) is 11.5 Å². The molecule has 1 saturated carbocycles. The lowest BCUT2D eigenvalue weighted by Crippen LogP contribution is -2.41. The first-order chi connectivity index (χ1) is 14.0. The second-order valence-electron chi connectivity index (χ2n) is 7.17. The second kappa shape index (κ2) is 7.90. The summed E-state index contributed by atoms with van der Waals surface area (Å²) in [7, 11) is 0. The predicted molar refractivity (Wildman–Crippen MR) is 105 cm³/mol. The number of nitrogens with two attached hydrogens (primary N) is 1. The lowest BCUT2D eigenvalue weighted by Gasteiger charge is -2.18. The summed E-state index contributed by atoms with van der Waals surface area (Å²) >= 11 is 0. The van der Waals surface area contributed by atoms with Gasteiger partial charge in [-0.1, -0.05) is 18.9 Å². The molecule has 1 unspecified atom stereocenters. The fourth-order valence-corrected chi connectivity index (χ4v) is 3.72. The summed E-state index contributed by atoms with van der Waals surface area (Å²) in [4.78, 5) is 31.6. The highest BCUT2D eigenvalue weighted by atomic mass is 19.1. The number of halogens is 1. The molecule has 1 fully saturated rings. The molecular weight excluding hydrogens is 375 g/mol. The predicted octanol–water partition coefficient (Wildman–Crippen LogP) is 3.12. The number of hydrogen-bond acceptors (Lipinski definition) is 4. The quantitative estimate of drug-likeness (QED) is 0.556. The van der Waals surface area contributed by atoms with Gasteiger partial charge in [-0.15, -0.1) is 0 Å². The van der Waals surface area contributed by atoms with Crippen LogP contribution in [-0.4, -0.2) is 27.8 Å². The summed E-state index contributed by atoms with van der Waals surface area (Å²) in [6, 6.07) is 7.44. The van der Waals surface area contributed by atoms with Gasteiger partial charge in [0.15, 0.2) is 11.6 Å². The molecule has 150 valence electrons. The summed E-state index contributed by atoms with van der Waals surface area (Å²) < 4.78 is 20.4. The highest BCUT2D eigenvalue weighted by molar-refractivity contribution is 6.05. The highest BCUT2D eigenvalue weighted by Crippen LogP contribution is 2.31. The third-order valence-electron chi connectivity index (χ3n) is 5.18. The van der Waals surface area contributed by atoms with Crippen molar-refractivity contribution >= 4 is 22.8 Å². The molecule has 1 atom stereocenters. The van der Waals surface area contributed by atoms with E-state index in [4.69, 9.17) is 10.5 Å². The van der Waals surface area contributed by atoms with Crippen LogP contribution in [0.1, 0.15) is 37.2 Å². The highest BCUT2D eigenvalue weighted by Gasteiger charge is 2.30. The smallest absolute Gasteiger partial charge is 0.237 e. The number of rotatable bonds is 6. The average molecular weight is 396 g/mol. The van der Waals surface area contributed by atoms with Gasteiger partial charge in [-0.2, -0.15) is 0 Å². The van der Waals surface area contributed by atoms with E-state index in [9.17, 15) is 14.0 Å². The second-order valence-corrected chi connectivity index (χ2v) is 7.17. The van der Waals surface area contributed by atoms with Gasteiger partial charge in [0.25, 0.3) is 0 Å². The molecule has 4 rings (SSSR count). The lowest BCUT2D eigenvalue weighted by atomic mass is 9.96. The van der Waals surface area contributed by atoms with Gasteiger partial charge in [0, 0.05) is 18.4 Å². The first-order valence-electron chi connectivity index (χ1n) is 9.52. The van der Waals surface area contributed by atoms with Crippen LogP contribution < -0.4 is 15.8 Å². The SMILES string of the molecule is NC(=O)C(C(=O)NC1CCCC1)c1ccc(Oc2ccnc3[nH]ccc23)c(F)c1. The van der Waals surface area contributed by atoms with Crippen LogP contribution in [0.2, 0.25) is 0 Å². The summed E-state index contributed by atoms with van der Waals surface area (Å²) in [6.45, 7) is 0. The van der Waals surface area contributed by atoms with Crippen molar-refractivity contribution in [2.24, 2.45) is 5.73 Å². The van der Waals surface area contributed by atoms with E-state index < -0.39 is 23.5 Å². The first kappa shape index (κ1) is 18.9. The molecule has 3 aromatic rings. The van der Waals surface area contributed by atoms with Gasteiger partial charge in [-0.05, 0) is 42.7 Å². The van der Waals surface area contributed by atoms with Gasteiger partial charge in [0.05, 0.1) is 5.39 Å². The third kappa shape index (κ3) is 3.91. The summed E-state index contributed by atoms with van der Waals surface area (Å²) in [5, 5.41) is 3.56. The van der Waals surface area contributed by atoms with Crippen molar-refractivity contribution in [3.05, 3.63) is 54.1 Å². The maximum absolute atomic E-state index is 14.7. The molecular formula is C21H21FN4O3. The van der Waals surface area contributed by atoms with E-state index in [0.717, 1.165) is 31.7 Å². The number of amides is 2. The molecule has 2 heterocycles. The maximum atomic E-state index is 14.7. The fraction of sp³-hybridized carbons (Fsp3) is 0.286. The summed E-state index contributed by atoms with van der Waals surface area (Å²) in [6.07, 6.45) is 7.09. The Bertz CT molecular complexity index is 1060. The Morgan fingerprint density at radius 3 is 2.72 bits per heavy atom. The number of primary amides is 1. The third-order valence-corrected chi connectivity index (χ3v) is 5.18. The van der Waals surface area contributed by atoms with Crippen molar-refractivity contribution in [2.75, 3.05) is 0 Å². The van der Waals surface area contributed by atoms with Crippen LogP contribution in [0.4, 0.5) is 4.39 Å². The molecule has 2 aromatic heterocycles. The van der Waals surface area contributed by atoms with Crippen molar-refractivity contribution in [1.82, 2.24) is 15.3 Å². The van der Waals surface area contributed by atoms with Crippen LogP contribution >= 0.6 is 0 Å². The van der Waals surface area contributed by atoms with E-state index in [2.05, 4.69) is 15.3 Å². The monoisotopic (exact) mass is 396 g/mol. The Morgan fingerprint density at radius 2 is 2.00 bits per heavy atom. The average Bonchev–Trinajstić information content (AvgIpc) is 3.35. The minimum atomic E-state index is -1.25. The summed E-state index contributed by atoms with van der Waals surface area (Å²) in [5.74, 6) is -2.85. The van der Waals surface area contributed by atoms with Crippen LogP contribution in [0.25, 0.3) is 11.0 Å². The Balaban J connectivity index is 1.57. The molecule has 0 saturated heterocycles. The van der Waals surface area contributed by atoms with Crippen LogP contribution in [0, 0.1) is 5.82 Å². The number of aromatic amines is 1. The zero-order valence-electron chi connectivity index (χ0n) is 15.7. The van der Waals surface area contributed by atoms with E-state index in [1.54, 1.807) is 24.5 Å². The Labute approximate surface area is 166 Å². The van der Waals surface area contributed by atoms with E-state index in [-0.39, 0.29) is 17.4 Å². The van der Waals surface area contributed by atoms with Crippen LogP contribution in [0.3, 0.4) is 0 Å². The van der Waals surface area contributed by atoms with E-state index >= 15 is 0 Å². The van der Waals surface area contributed by atoms with Gasteiger partial charge < -0.3 is 20.8 Å². The molecule has 8 heteroatoms. The molecule has 1 aromatic carbocycles. The normalized spacial score (nSPS) is 15.3. The van der Waals surface area contributed by atoms with Gasteiger partial charge in [0.1, 0.15) is 17.3 Å². The Morgan fingerprint density at radius 1 is 1.21 bits per heavy atom. The number of fused-ring (bicyclic) bond motifs is 1. The van der Waals surface area contributed by atoms with E-state index in [1.807, 2.05) is 0 Å². The van der Waals surface area contributed by atoms with Gasteiger partial charge in [-0.3, -0.25) is 9.59 Å².